The van der Waals surface area contributed by atoms with Gasteiger partial charge in [0.25, 0.3) is 0 Å². The monoisotopic (exact) mass is 233 g/mol. The number of ether oxygens (including phenoxy) is 2. The number of pyridine rings is 1. The van der Waals surface area contributed by atoms with Gasteiger partial charge < -0.3 is 9.47 Å². The molecule has 0 aromatic carbocycles. The van der Waals surface area contributed by atoms with E-state index in [0.717, 1.165) is 37.3 Å². The Hall–Kier alpha value is -1.62. The maximum Gasteiger partial charge on any atom is 0.216 e. The summed E-state index contributed by atoms with van der Waals surface area (Å²) < 4.78 is 12.6. The van der Waals surface area contributed by atoms with Crippen LogP contribution in [0.3, 0.4) is 0 Å². The van der Waals surface area contributed by atoms with Crippen molar-refractivity contribution in [3.63, 3.8) is 0 Å². The number of rotatable bonds is 3. The van der Waals surface area contributed by atoms with E-state index in [9.17, 15) is 0 Å². The predicted octanol–water partition coefficient (Wildman–Crippen LogP) is 1.46. The second-order valence-electron chi connectivity index (χ2n) is 4.21. The zero-order valence-corrected chi connectivity index (χ0v) is 9.80. The molecule has 0 spiro atoms. The van der Waals surface area contributed by atoms with E-state index in [-0.39, 0.29) is 6.10 Å². The lowest BCUT2D eigenvalue weighted by Gasteiger charge is -2.04. The Kier molecular flexibility index (Phi) is 2.68. The van der Waals surface area contributed by atoms with Crippen molar-refractivity contribution < 1.29 is 9.47 Å². The van der Waals surface area contributed by atoms with Gasteiger partial charge in [-0.15, -0.1) is 5.10 Å². The van der Waals surface area contributed by atoms with E-state index in [2.05, 4.69) is 10.1 Å². The second kappa shape index (κ2) is 4.33. The molecule has 1 atom stereocenters. The van der Waals surface area contributed by atoms with E-state index in [0.29, 0.717) is 5.88 Å². The van der Waals surface area contributed by atoms with Gasteiger partial charge >= 0.3 is 0 Å². The van der Waals surface area contributed by atoms with Crippen molar-refractivity contribution in [2.75, 3.05) is 13.7 Å². The topological polar surface area (TPSA) is 48.7 Å². The minimum absolute atomic E-state index is 0.276. The Labute approximate surface area is 99.4 Å². The Morgan fingerprint density at radius 2 is 2.47 bits per heavy atom. The molecule has 0 N–H and O–H groups in total. The highest BCUT2D eigenvalue weighted by Gasteiger charge is 2.18. The third kappa shape index (κ3) is 1.98. The average molecular weight is 233 g/mol. The van der Waals surface area contributed by atoms with Crippen LogP contribution in [0.5, 0.6) is 5.88 Å². The van der Waals surface area contributed by atoms with Crippen LogP contribution in [0.15, 0.2) is 18.2 Å². The standard InChI is InChI=1S/C12H15N3O2/c1-16-12-6-2-5-11-13-10(14-15(11)12)8-9-4-3-7-17-9/h2,5-6,9H,3-4,7-8H2,1H3. The van der Waals surface area contributed by atoms with Gasteiger partial charge in [0, 0.05) is 19.1 Å². The summed E-state index contributed by atoms with van der Waals surface area (Å²) in [5.74, 6) is 1.52. The fourth-order valence-electron chi connectivity index (χ4n) is 2.18. The van der Waals surface area contributed by atoms with Crippen molar-refractivity contribution in [1.82, 2.24) is 14.6 Å². The van der Waals surface area contributed by atoms with Crippen molar-refractivity contribution >= 4 is 5.65 Å². The smallest absolute Gasteiger partial charge is 0.216 e. The lowest BCUT2D eigenvalue weighted by molar-refractivity contribution is 0.110. The SMILES string of the molecule is COc1cccc2nc(CC3CCCO3)nn12. The van der Waals surface area contributed by atoms with Gasteiger partial charge in [-0.3, -0.25) is 0 Å². The minimum Gasteiger partial charge on any atom is -0.481 e. The highest BCUT2D eigenvalue weighted by Crippen LogP contribution is 2.17. The van der Waals surface area contributed by atoms with E-state index < -0.39 is 0 Å². The van der Waals surface area contributed by atoms with Gasteiger partial charge in [0.15, 0.2) is 11.5 Å². The van der Waals surface area contributed by atoms with Gasteiger partial charge in [0.05, 0.1) is 13.2 Å². The Balaban J connectivity index is 1.90. The molecule has 17 heavy (non-hydrogen) atoms. The highest BCUT2D eigenvalue weighted by molar-refractivity contribution is 5.40. The summed E-state index contributed by atoms with van der Waals surface area (Å²) in [4.78, 5) is 4.48. The summed E-state index contributed by atoms with van der Waals surface area (Å²) in [5, 5.41) is 4.45. The van der Waals surface area contributed by atoms with Crippen molar-refractivity contribution in [3.05, 3.63) is 24.0 Å². The van der Waals surface area contributed by atoms with Crippen LogP contribution in [0.4, 0.5) is 0 Å². The molecule has 1 aliphatic heterocycles. The first-order chi connectivity index (χ1) is 8.36. The van der Waals surface area contributed by atoms with Crippen molar-refractivity contribution in [1.29, 1.82) is 0 Å². The van der Waals surface area contributed by atoms with Gasteiger partial charge in [-0.25, -0.2) is 4.98 Å². The number of nitrogens with zero attached hydrogens (tertiary/aromatic N) is 3. The molecule has 1 saturated heterocycles. The highest BCUT2D eigenvalue weighted by atomic mass is 16.5. The molecule has 0 aliphatic carbocycles. The molecule has 1 unspecified atom stereocenters. The van der Waals surface area contributed by atoms with Crippen LogP contribution >= 0.6 is 0 Å². The van der Waals surface area contributed by atoms with E-state index in [1.165, 1.54) is 0 Å². The Morgan fingerprint density at radius 3 is 3.24 bits per heavy atom. The molecule has 3 rings (SSSR count). The Bertz CT molecular complexity index is 517. The van der Waals surface area contributed by atoms with Crippen LogP contribution in [-0.4, -0.2) is 34.4 Å². The summed E-state index contributed by atoms with van der Waals surface area (Å²) in [6.45, 7) is 0.862. The maximum absolute atomic E-state index is 5.59. The third-order valence-corrected chi connectivity index (χ3v) is 3.01. The molecule has 0 bridgehead atoms. The average Bonchev–Trinajstić information content (AvgIpc) is 2.97. The minimum atomic E-state index is 0.276. The van der Waals surface area contributed by atoms with Crippen molar-refractivity contribution in [2.24, 2.45) is 0 Å². The van der Waals surface area contributed by atoms with Crippen LogP contribution in [0.2, 0.25) is 0 Å². The molecule has 5 nitrogen and oxygen atoms in total. The molecule has 2 aromatic rings. The first-order valence-corrected chi connectivity index (χ1v) is 5.87. The lowest BCUT2D eigenvalue weighted by atomic mass is 10.2. The second-order valence-corrected chi connectivity index (χ2v) is 4.21. The van der Waals surface area contributed by atoms with Crippen LogP contribution in [-0.2, 0) is 11.2 Å². The van der Waals surface area contributed by atoms with Gasteiger partial charge in [0.2, 0.25) is 5.88 Å². The lowest BCUT2D eigenvalue weighted by Crippen LogP contribution is -2.10. The predicted molar refractivity (Wildman–Crippen MR) is 62.2 cm³/mol. The molecular weight excluding hydrogens is 218 g/mol. The van der Waals surface area contributed by atoms with E-state index in [1.807, 2.05) is 18.2 Å². The van der Waals surface area contributed by atoms with Crippen LogP contribution < -0.4 is 4.74 Å². The first kappa shape index (κ1) is 10.5. The summed E-state index contributed by atoms with van der Waals surface area (Å²) in [5.41, 5.74) is 0.817. The van der Waals surface area contributed by atoms with Crippen molar-refractivity contribution in [2.45, 2.75) is 25.4 Å². The first-order valence-electron chi connectivity index (χ1n) is 5.87. The quantitative estimate of drug-likeness (QED) is 0.805. The number of aromatic nitrogens is 3. The number of methoxy groups -OCH3 is 1. The van der Waals surface area contributed by atoms with Gasteiger partial charge in [0.1, 0.15) is 0 Å². The fourth-order valence-corrected chi connectivity index (χ4v) is 2.18. The number of fused-ring (bicyclic) bond motifs is 1. The molecule has 0 radical (unpaired) electrons. The van der Waals surface area contributed by atoms with Gasteiger partial charge in [-0.1, -0.05) is 6.07 Å². The van der Waals surface area contributed by atoms with Crippen LogP contribution in [0, 0.1) is 0 Å². The summed E-state index contributed by atoms with van der Waals surface area (Å²) >= 11 is 0. The molecule has 2 aromatic heterocycles. The van der Waals surface area contributed by atoms with Gasteiger partial charge in [-0.2, -0.15) is 4.52 Å². The molecule has 1 aliphatic rings. The van der Waals surface area contributed by atoms with E-state index in [1.54, 1.807) is 11.6 Å². The normalized spacial score (nSPS) is 19.9. The molecule has 90 valence electrons. The van der Waals surface area contributed by atoms with Crippen LogP contribution in [0.25, 0.3) is 5.65 Å². The zero-order chi connectivity index (χ0) is 11.7. The molecule has 5 heteroatoms. The molecule has 0 saturated carbocycles. The largest absolute Gasteiger partial charge is 0.481 e. The fraction of sp³-hybridized carbons (Fsp3) is 0.500. The summed E-state index contributed by atoms with van der Waals surface area (Å²) in [6, 6.07) is 5.71. The van der Waals surface area contributed by atoms with Crippen molar-refractivity contribution in [3.8, 4) is 5.88 Å². The zero-order valence-electron chi connectivity index (χ0n) is 9.80. The van der Waals surface area contributed by atoms with Crippen LogP contribution in [0.1, 0.15) is 18.7 Å². The van der Waals surface area contributed by atoms with E-state index in [4.69, 9.17) is 9.47 Å². The summed E-state index contributed by atoms with van der Waals surface area (Å²) in [6.07, 6.45) is 3.30. The molecule has 3 heterocycles. The maximum atomic E-state index is 5.59. The van der Waals surface area contributed by atoms with E-state index >= 15 is 0 Å². The molecular formula is C12H15N3O2. The number of hydrogen-bond acceptors (Lipinski definition) is 4. The number of hydrogen-bond donors (Lipinski definition) is 0. The third-order valence-electron chi connectivity index (χ3n) is 3.01. The molecule has 0 amide bonds. The van der Waals surface area contributed by atoms with Gasteiger partial charge in [-0.05, 0) is 18.9 Å². The summed E-state index contributed by atoms with van der Waals surface area (Å²) in [7, 11) is 1.64. The molecule has 1 fully saturated rings. The Morgan fingerprint density at radius 1 is 1.53 bits per heavy atom.